The molecule has 1 fully saturated rings. The lowest BCUT2D eigenvalue weighted by atomic mass is 10.2. The minimum atomic E-state index is -0.211. The lowest BCUT2D eigenvalue weighted by Crippen LogP contribution is -2.11. The highest BCUT2D eigenvalue weighted by atomic mass is 32.1. The second kappa shape index (κ2) is 5.41. The van der Waals surface area contributed by atoms with Crippen molar-refractivity contribution in [1.82, 2.24) is 15.2 Å². The number of ether oxygens (including phenoxy) is 1. The van der Waals surface area contributed by atoms with Gasteiger partial charge in [0.1, 0.15) is 11.1 Å². The summed E-state index contributed by atoms with van der Waals surface area (Å²) in [5.74, 6) is -0.211. The van der Waals surface area contributed by atoms with Crippen LogP contribution >= 0.6 is 11.3 Å². The molecular weight excluding hydrogens is 264 g/mol. The summed E-state index contributed by atoms with van der Waals surface area (Å²) in [5, 5.41) is 12.1. The Labute approximate surface area is 113 Å². The average molecular weight is 276 g/mol. The van der Waals surface area contributed by atoms with Crippen LogP contribution in [-0.4, -0.2) is 27.7 Å². The average Bonchev–Trinajstić information content (AvgIpc) is 3.10. The summed E-state index contributed by atoms with van der Waals surface area (Å²) in [6, 6.07) is 3.30. The monoisotopic (exact) mass is 276 g/mol. The number of pyridine rings is 1. The summed E-state index contributed by atoms with van der Waals surface area (Å²) in [6.45, 7) is 0.767. The maximum absolute atomic E-state index is 11.9. The molecule has 0 radical (unpaired) electrons. The van der Waals surface area contributed by atoms with Crippen LogP contribution in [0, 0.1) is 0 Å². The molecule has 0 unspecified atom stereocenters. The highest BCUT2D eigenvalue weighted by Gasteiger charge is 2.22. The first kappa shape index (κ1) is 12.2. The number of hydrogen-bond acceptors (Lipinski definition) is 6. The molecule has 0 aliphatic carbocycles. The Morgan fingerprint density at radius 3 is 2.95 bits per heavy atom. The molecule has 1 amide bonds. The third-order valence-corrected chi connectivity index (χ3v) is 3.74. The Kier molecular flexibility index (Phi) is 3.47. The van der Waals surface area contributed by atoms with E-state index in [4.69, 9.17) is 4.74 Å². The number of carbonyl (C=O) groups excluding carboxylic acids is 1. The van der Waals surface area contributed by atoms with Gasteiger partial charge in [-0.25, -0.2) is 0 Å². The van der Waals surface area contributed by atoms with Crippen molar-refractivity contribution in [2.75, 3.05) is 11.9 Å². The fourth-order valence-corrected chi connectivity index (χ4v) is 2.68. The summed E-state index contributed by atoms with van der Waals surface area (Å²) in [7, 11) is 0. The summed E-state index contributed by atoms with van der Waals surface area (Å²) < 4.78 is 5.53. The van der Waals surface area contributed by atoms with Crippen LogP contribution < -0.4 is 5.32 Å². The molecule has 2 aromatic heterocycles. The zero-order valence-electron chi connectivity index (χ0n) is 10.1. The maximum atomic E-state index is 11.9. The minimum absolute atomic E-state index is 0.0316. The molecule has 1 atom stereocenters. The third-order valence-electron chi connectivity index (χ3n) is 2.81. The van der Waals surface area contributed by atoms with Gasteiger partial charge in [-0.2, -0.15) is 0 Å². The Balaban J connectivity index is 1.68. The molecule has 2 aromatic rings. The van der Waals surface area contributed by atoms with Crippen LogP contribution in [0.1, 0.15) is 34.3 Å². The molecule has 98 valence electrons. The predicted octanol–water partition coefficient (Wildman–Crippen LogP) is 2.04. The van der Waals surface area contributed by atoms with Gasteiger partial charge in [0.15, 0.2) is 0 Å². The lowest BCUT2D eigenvalue weighted by molar-refractivity contribution is 0.102. The summed E-state index contributed by atoms with van der Waals surface area (Å²) in [5.41, 5.74) is 0.545. The van der Waals surface area contributed by atoms with Crippen molar-refractivity contribution < 1.29 is 9.53 Å². The molecule has 3 heterocycles. The normalized spacial score (nSPS) is 18.4. The van der Waals surface area contributed by atoms with Gasteiger partial charge in [0, 0.05) is 24.6 Å². The van der Waals surface area contributed by atoms with Crippen molar-refractivity contribution >= 4 is 22.4 Å². The summed E-state index contributed by atoms with van der Waals surface area (Å²) in [6.07, 6.45) is 5.19. The second-order valence-electron chi connectivity index (χ2n) is 4.14. The van der Waals surface area contributed by atoms with Crippen LogP contribution in [-0.2, 0) is 4.74 Å². The number of amides is 1. The zero-order chi connectivity index (χ0) is 13.1. The topological polar surface area (TPSA) is 77.0 Å². The van der Waals surface area contributed by atoms with Crippen LogP contribution in [0.25, 0.3) is 0 Å². The van der Waals surface area contributed by atoms with Crippen LogP contribution in [0.4, 0.5) is 5.13 Å². The van der Waals surface area contributed by atoms with E-state index in [1.807, 2.05) is 0 Å². The van der Waals surface area contributed by atoms with Gasteiger partial charge in [0.05, 0.1) is 0 Å². The van der Waals surface area contributed by atoms with E-state index in [-0.39, 0.29) is 12.0 Å². The SMILES string of the molecule is O=C(Nc1nnc([C@@H]2CCCO2)s1)c1ccncc1. The molecule has 7 heteroatoms. The van der Waals surface area contributed by atoms with E-state index in [9.17, 15) is 4.79 Å². The fraction of sp³-hybridized carbons (Fsp3) is 0.333. The van der Waals surface area contributed by atoms with Crippen molar-refractivity contribution in [3.8, 4) is 0 Å². The Morgan fingerprint density at radius 2 is 2.21 bits per heavy atom. The zero-order valence-corrected chi connectivity index (χ0v) is 10.9. The van der Waals surface area contributed by atoms with Crippen LogP contribution in [0.15, 0.2) is 24.5 Å². The van der Waals surface area contributed by atoms with Gasteiger partial charge in [-0.05, 0) is 25.0 Å². The Morgan fingerprint density at radius 1 is 1.37 bits per heavy atom. The van der Waals surface area contributed by atoms with Crippen LogP contribution in [0.5, 0.6) is 0 Å². The van der Waals surface area contributed by atoms with Gasteiger partial charge in [-0.15, -0.1) is 10.2 Å². The van der Waals surface area contributed by atoms with Crippen molar-refractivity contribution in [2.45, 2.75) is 18.9 Å². The molecule has 1 N–H and O–H groups in total. The first-order chi connectivity index (χ1) is 9.33. The van der Waals surface area contributed by atoms with Gasteiger partial charge in [-0.3, -0.25) is 15.1 Å². The molecule has 1 saturated heterocycles. The molecular formula is C12H12N4O2S. The van der Waals surface area contributed by atoms with Gasteiger partial charge in [0.2, 0.25) is 5.13 Å². The highest BCUT2D eigenvalue weighted by Crippen LogP contribution is 2.31. The standard InChI is InChI=1S/C12H12N4O2S/c17-10(8-3-5-13-6-4-8)14-12-16-15-11(19-12)9-2-1-7-18-9/h3-6,9H,1-2,7H2,(H,14,16,17)/t9-/m0/s1. The highest BCUT2D eigenvalue weighted by molar-refractivity contribution is 7.15. The molecule has 0 spiro atoms. The number of nitrogens with one attached hydrogen (secondary N) is 1. The molecule has 6 nitrogen and oxygen atoms in total. The van der Waals surface area contributed by atoms with Crippen molar-refractivity contribution in [1.29, 1.82) is 0 Å². The largest absolute Gasteiger partial charge is 0.371 e. The molecule has 19 heavy (non-hydrogen) atoms. The Bertz CT molecular complexity index is 566. The van der Waals surface area contributed by atoms with Gasteiger partial charge in [0.25, 0.3) is 5.91 Å². The van der Waals surface area contributed by atoms with E-state index in [1.165, 1.54) is 11.3 Å². The quantitative estimate of drug-likeness (QED) is 0.928. The first-order valence-corrected chi connectivity index (χ1v) is 6.81. The number of aromatic nitrogens is 3. The third kappa shape index (κ3) is 2.77. The number of hydrogen-bond donors (Lipinski definition) is 1. The van der Waals surface area contributed by atoms with E-state index in [0.29, 0.717) is 10.7 Å². The summed E-state index contributed by atoms with van der Waals surface area (Å²) in [4.78, 5) is 15.8. The van der Waals surface area contributed by atoms with Crippen LogP contribution in [0.3, 0.4) is 0 Å². The number of nitrogens with zero attached hydrogens (tertiary/aromatic N) is 3. The fourth-order valence-electron chi connectivity index (χ4n) is 1.86. The first-order valence-electron chi connectivity index (χ1n) is 5.99. The van der Waals surface area contributed by atoms with E-state index in [1.54, 1.807) is 24.5 Å². The smallest absolute Gasteiger partial charge is 0.257 e. The molecule has 1 aliphatic rings. The number of carbonyl (C=O) groups is 1. The Hall–Kier alpha value is -1.86. The van der Waals surface area contributed by atoms with Gasteiger partial charge >= 0.3 is 0 Å². The second-order valence-corrected chi connectivity index (χ2v) is 5.15. The van der Waals surface area contributed by atoms with Gasteiger partial charge in [-0.1, -0.05) is 11.3 Å². The molecule has 0 aromatic carbocycles. The molecule has 1 aliphatic heterocycles. The van der Waals surface area contributed by atoms with Gasteiger partial charge < -0.3 is 4.74 Å². The minimum Gasteiger partial charge on any atom is -0.371 e. The van der Waals surface area contributed by atoms with E-state index in [2.05, 4.69) is 20.5 Å². The lowest BCUT2D eigenvalue weighted by Gasteiger charge is -2.02. The number of anilines is 1. The van der Waals surface area contributed by atoms with Crippen molar-refractivity contribution in [3.05, 3.63) is 35.1 Å². The maximum Gasteiger partial charge on any atom is 0.257 e. The van der Waals surface area contributed by atoms with Crippen molar-refractivity contribution in [3.63, 3.8) is 0 Å². The molecule has 0 saturated carbocycles. The van der Waals surface area contributed by atoms with Crippen molar-refractivity contribution in [2.24, 2.45) is 0 Å². The number of rotatable bonds is 3. The molecule has 0 bridgehead atoms. The van der Waals surface area contributed by atoms with E-state index < -0.39 is 0 Å². The van der Waals surface area contributed by atoms with E-state index in [0.717, 1.165) is 24.5 Å². The van der Waals surface area contributed by atoms with E-state index >= 15 is 0 Å². The predicted molar refractivity (Wildman–Crippen MR) is 70.0 cm³/mol. The summed E-state index contributed by atoms with van der Waals surface area (Å²) >= 11 is 1.36. The van der Waals surface area contributed by atoms with Crippen LogP contribution in [0.2, 0.25) is 0 Å². The molecule has 3 rings (SSSR count).